The van der Waals surface area contributed by atoms with E-state index >= 15 is 0 Å². The summed E-state index contributed by atoms with van der Waals surface area (Å²) in [5.74, 6) is -1.83. The van der Waals surface area contributed by atoms with Crippen molar-refractivity contribution in [3.63, 3.8) is 0 Å². The fraction of sp³-hybridized carbons (Fsp3) is 0.211. The topological polar surface area (TPSA) is 78.5 Å². The van der Waals surface area contributed by atoms with Crippen molar-refractivity contribution >= 4 is 17.7 Å². The van der Waals surface area contributed by atoms with Gasteiger partial charge in [-0.05, 0) is 36.2 Å². The number of halogens is 1. The molecule has 1 heterocycles. The molecule has 7 heteroatoms. The molecule has 0 bridgehead atoms. The van der Waals surface area contributed by atoms with Crippen molar-refractivity contribution in [1.82, 2.24) is 15.8 Å². The lowest BCUT2D eigenvalue weighted by molar-refractivity contribution is -0.128. The van der Waals surface area contributed by atoms with E-state index in [9.17, 15) is 18.8 Å². The first kappa shape index (κ1) is 17.6. The Bertz CT molecular complexity index is 853. The highest BCUT2D eigenvalue weighted by atomic mass is 19.1. The second kappa shape index (κ2) is 7.77. The van der Waals surface area contributed by atoms with Crippen LogP contribution < -0.4 is 10.9 Å². The van der Waals surface area contributed by atoms with Gasteiger partial charge in [-0.1, -0.05) is 24.3 Å². The predicted molar refractivity (Wildman–Crippen MR) is 92.4 cm³/mol. The molecular formula is C19H18FN3O3. The van der Waals surface area contributed by atoms with E-state index in [-0.39, 0.29) is 11.5 Å². The van der Waals surface area contributed by atoms with Crippen molar-refractivity contribution in [2.75, 3.05) is 6.54 Å². The summed E-state index contributed by atoms with van der Waals surface area (Å²) in [6.07, 6.45) is 1.41. The molecule has 2 aromatic rings. The SMILES string of the molecule is O=C(NNC(=O)c1ccccc1F)c1cccc(CN2CCCC2=O)c1. The molecule has 0 spiro atoms. The maximum Gasteiger partial charge on any atom is 0.272 e. The zero-order valence-electron chi connectivity index (χ0n) is 14.0. The minimum atomic E-state index is -0.740. The highest BCUT2D eigenvalue weighted by Crippen LogP contribution is 2.15. The zero-order valence-corrected chi connectivity index (χ0v) is 14.0. The standard InChI is InChI=1S/C19H18FN3O3/c20-16-8-2-1-7-15(16)19(26)22-21-18(25)14-6-3-5-13(11-14)12-23-10-4-9-17(23)24/h1-3,5-8,11H,4,9-10,12H2,(H,21,25)(H,22,26). The predicted octanol–water partition coefficient (Wildman–Crippen LogP) is 2.02. The maximum absolute atomic E-state index is 13.6. The Morgan fingerprint density at radius 1 is 1.04 bits per heavy atom. The normalized spacial score (nSPS) is 13.6. The van der Waals surface area contributed by atoms with Crippen LogP contribution in [0.5, 0.6) is 0 Å². The Labute approximate surface area is 150 Å². The lowest BCUT2D eigenvalue weighted by Crippen LogP contribution is -2.42. The second-order valence-electron chi connectivity index (χ2n) is 6.01. The molecule has 0 saturated carbocycles. The van der Waals surface area contributed by atoms with E-state index in [1.54, 1.807) is 23.1 Å². The highest BCUT2D eigenvalue weighted by molar-refractivity contribution is 5.99. The molecule has 1 aliphatic rings. The van der Waals surface area contributed by atoms with Gasteiger partial charge in [0.25, 0.3) is 11.8 Å². The molecule has 26 heavy (non-hydrogen) atoms. The molecule has 0 aliphatic carbocycles. The van der Waals surface area contributed by atoms with Gasteiger partial charge in [0.2, 0.25) is 5.91 Å². The lowest BCUT2D eigenvalue weighted by Gasteiger charge is -2.16. The van der Waals surface area contributed by atoms with E-state index in [0.29, 0.717) is 25.1 Å². The Morgan fingerprint density at radius 2 is 1.81 bits per heavy atom. The van der Waals surface area contributed by atoms with Gasteiger partial charge in [0.15, 0.2) is 0 Å². The van der Waals surface area contributed by atoms with Crippen molar-refractivity contribution in [3.05, 3.63) is 71.0 Å². The number of benzene rings is 2. The number of carbonyl (C=O) groups is 3. The molecule has 0 atom stereocenters. The minimum absolute atomic E-state index is 0.108. The summed E-state index contributed by atoms with van der Waals surface area (Å²) >= 11 is 0. The summed E-state index contributed by atoms with van der Waals surface area (Å²) in [7, 11) is 0. The van der Waals surface area contributed by atoms with Gasteiger partial charge in [-0.15, -0.1) is 0 Å². The molecule has 3 rings (SSSR count). The second-order valence-corrected chi connectivity index (χ2v) is 6.01. The van der Waals surface area contributed by atoms with Crippen LogP contribution in [-0.4, -0.2) is 29.2 Å². The van der Waals surface area contributed by atoms with Gasteiger partial charge in [-0.3, -0.25) is 25.2 Å². The Hall–Kier alpha value is -3.22. The fourth-order valence-corrected chi connectivity index (χ4v) is 2.80. The van der Waals surface area contributed by atoms with Crippen LogP contribution in [0, 0.1) is 5.82 Å². The molecule has 1 aliphatic heterocycles. The van der Waals surface area contributed by atoms with Crippen molar-refractivity contribution in [1.29, 1.82) is 0 Å². The fourth-order valence-electron chi connectivity index (χ4n) is 2.80. The molecule has 0 radical (unpaired) electrons. The summed E-state index contributed by atoms with van der Waals surface area (Å²) in [5.41, 5.74) is 5.47. The van der Waals surface area contributed by atoms with E-state index in [1.165, 1.54) is 24.3 Å². The number of hydrogen-bond donors (Lipinski definition) is 2. The molecule has 1 fully saturated rings. The number of amides is 3. The van der Waals surface area contributed by atoms with E-state index in [4.69, 9.17) is 0 Å². The number of nitrogens with zero attached hydrogens (tertiary/aromatic N) is 1. The quantitative estimate of drug-likeness (QED) is 0.824. The zero-order chi connectivity index (χ0) is 18.5. The van der Waals surface area contributed by atoms with Crippen LogP contribution in [-0.2, 0) is 11.3 Å². The maximum atomic E-state index is 13.6. The summed E-state index contributed by atoms with van der Waals surface area (Å²) in [6, 6.07) is 12.3. The van der Waals surface area contributed by atoms with E-state index in [2.05, 4.69) is 10.9 Å². The van der Waals surface area contributed by atoms with Gasteiger partial charge in [-0.25, -0.2) is 4.39 Å². The number of hydrazine groups is 1. The van der Waals surface area contributed by atoms with Gasteiger partial charge < -0.3 is 4.90 Å². The van der Waals surface area contributed by atoms with Gasteiger partial charge in [-0.2, -0.15) is 0 Å². The molecule has 1 saturated heterocycles. The molecular weight excluding hydrogens is 337 g/mol. The molecule has 0 aromatic heterocycles. The van der Waals surface area contributed by atoms with E-state index < -0.39 is 17.6 Å². The van der Waals surface area contributed by atoms with Crippen LogP contribution in [0.2, 0.25) is 0 Å². The van der Waals surface area contributed by atoms with Gasteiger partial charge >= 0.3 is 0 Å². The average Bonchev–Trinajstić information content (AvgIpc) is 3.04. The number of rotatable bonds is 4. The summed E-state index contributed by atoms with van der Waals surface area (Å²) in [5, 5.41) is 0. The third-order valence-electron chi connectivity index (χ3n) is 4.14. The summed E-state index contributed by atoms with van der Waals surface area (Å²) in [6.45, 7) is 1.16. The summed E-state index contributed by atoms with van der Waals surface area (Å²) < 4.78 is 13.6. The Kier molecular flexibility index (Phi) is 5.26. The van der Waals surface area contributed by atoms with Crippen LogP contribution >= 0.6 is 0 Å². The Balaban J connectivity index is 1.61. The number of carbonyl (C=O) groups excluding carboxylic acids is 3. The number of likely N-dealkylation sites (tertiary alicyclic amines) is 1. The largest absolute Gasteiger partial charge is 0.338 e. The monoisotopic (exact) mass is 355 g/mol. The van der Waals surface area contributed by atoms with Crippen molar-refractivity contribution in [2.45, 2.75) is 19.4 Å². The third kappa shape index (κ3) is 4.05. The van der Waals surface area contributed by atoms with Gasteiger partial charge in [0.1, 0.15) is 5.82 Å². The third-order valence-corrected chi connectivity index (χ3v) is 4.14. The van der Waals surface area contributed by atoms with Gasteiger partial charge in [0.05, 0.1) is 5.56 Å². The van der Waals surface area contributed by atoms with Crippen molar-refractivity contribution in [3.8, 4) is 0 Å². The van der Waals surface area contributed by atoms with E-state index in [0.717, 1.165) is 12.0 Å². The molecule has 0 unspecified atom stereocenters. The molecule has 134 valence electrons. The van der Waals surface area contributed by atoms with Gasteiger partial charge in [0, 0.05) is 25.1 Å². The first-order valence-electron chi connectivity index (χ1n) is 8.26. The number of hydrogen-bond acceptors (Lipinski definition) is 3. The Morgan fingerprint density at radius 3 is 2.54 bits per heavy atom. The average molecular weight is 355 g/mol. The number of nitrogens with one attached hydrogen (secondary N) is 2. The minimum Gasteiger partial charge on any atom is -0.338 e. The van der Waals surface area contributed by atoms with Crippen LogP contribution in [0.15, 0.2) is 48.5 Å². The van der Waals surface area contributed by atoms with Crippen LogP contribution in [0.4, 0.5) is 4.39 Å². The summed E-state index contributed by atoms with van der Waals surface area (Å²) in [4.78, 5) is 37.6. The molecule has 3 amide bonds. The van der Waals surface area contributed by atoms with Crippen molar-refractivity contribution < 1.29 is 18.8 Å². The first-order valence-corrected chi connectivity index (χ1v) is 8.26. The smallest absolute Gasteiger partial charge is 0.272 e. The van der Waals surface area contributed by atoms with Crippen molar-refractivity contribution in [2.24, 2.45) is 0 Å². The highest BCUT2D eigenvalue weighted by Gasteiger charge is 2.20. The van der Waals surface area contributed by atoms with Crippen LogP contribution in [0.3, 0.4) is 0 Å². The lowest BCUT2D eigenvalue weighted by atomic mass is 10.1. The van der Waals surface area contributed by atoms with E-state index in [1.807, 2.05) is 6.07 Å². The first-order chi connectivity index (χ1) is 12.5. The molecule has 2 aromatic carbocycles. The molecule has 6 nitrogen and oxygen atoms in total. The van der Waals surface area contributed by atoms with Crippen LogP contribution in [0.25, 0.3) is 0 Å². The molecule has 2 N–H and O–H groups in total. The van der Waals surface area contributed by atoms with Crippen LogP contribution in [0.1, 0.15) is 39.1 Å².